The van der Waals surface area contributed by atoms with Crippen LogP contribution in [0.25, 0.3) is 22.3 Å². The second kappa shape index (κ2) is 10.8. The first-order valence-electron chi connectivity index (χ1n) is 13.3. The van der Waals surface area contributed by atoms with E-state index in [0.29, 0.717) is 6.54 Å². The van der Waals surface area contributed by atoms with Crippen LogP contribution in [0, 0.1) is 0 Å². The Morgan fingerprint density at radius 2 is 1.47 bits per heavy atom. The van der Waals surface area contributed by atoms with Gasteiger partial charge in [0.05, 0.1) is 0 Å². The second-order valence-electron chi connectivity index (χ2n) is 10.4. The second-order valence-corrected chi connectivity index (χ2v) is 10.8. The minimum atomic E-state index is -0.600. The number of β-amino-alcohol motifs (C(OH)–C–C–N with tert-alkyl or cyclic N) is 1. The SMILES string of the molecule is O[C@H](COc1c(-c2ccccc2)cccc1-c1ccccc1)CN1CCC2(CC1)Cc1cc(Cl)ccc1O2. The molecular weight excluding hydrogens is 494 g/mol. The summed E-state index contributed by atoms with van der Waals surface area (Å²) in [6.07, 6.45) is 2.17. The van der Waals surface area contributed by atoms with E-state index in [1.54, 1.807) is 0 Å². The van der Waals surface area contributed by atoms with Gasteiger partial charge in [-0.15, -0.1) is 0 Å². The Morgan fingerprint density at radius 3 is 2.11 bits per heavy atom. The molecule has 0 aliphatic carbocycles. The van der Waals surface area contributed by atoms with Crippen LogP contribution in [0.1, 0.15) is 18.4 Å². The molecule has 1 N–H and O–H groups in total. The molecule has 38 heavy (non-hydrogen) atoms. The highest BCUT2D eigenvalue weighted by atomic mass is 35.5. The molecule has 4 aromatic rings. The van der Waals surface area contributed by atoms with Crippen LogP contribution in [0.5, 0.6) is 11.5 Å². The van der Waals surface area contributed by atoms with Gasteiger partial charge in [0.15, 0.2) is 0 Å². The van der Waals surface area contributed by atoms with Gasteiger partial charge in [-0.05, 0) is 34.9 Å². The Balaban J connectivity index is 1.12. The molecule has 0 unspecified atom stereocenters. The summed E-state index contributed by atoms with van der Waals surface area (Å²) in [5, 5.41) is 11.8. The van der Waals surface area contributed by atoms with Gasteiger partial charge in [-0.25, -0.2) is 0 Å². The summed E-state index contributed by atoms with van der Waals surface area (Å²) >= 11 is 6.19. The molecule has 1 atom stereocenters. The lowest BCUT2D eigenvalue weighted by Crippen LogP contribution is -2.49. The lowest BCUT2D eigenvalue weighted by atomic mass is 9.87. The van der Waals surface area contributed by atoms with E-state index in [1.165, 1.54) is 5.56 Å². The monoisotopic (exact) mass is 525 g/mol. The predicted molar refractivity (Wildman–Crippen MR) is 153 cm³/mol. The Morgan fingerprint density at radius 1 is 0.842 bits per heavy atom. The third-order valence-corrected chi connectivity index (χ3v) is 7.94. The van der Waals surface area contributed by atoms with Crippen molar-refractivity contribution in [1.82, 2.24) is 4.90 Å². The van der Waals surface area contributed by atoms with Gasteiger partial charge < -0.3 is 19.5 Å². The van der Waals surface area contributed by atoms with Gasteiger partial charge in [0.2, 0.25) is 0 Å². The molecule has 4 nitrogen and oxygen atoms in total. The van der Waals surface area contributed by atoms with Crippen molar-refractivity contribution < 1.29 is 14.6 Å². The highest BCUT2D eigenvalue weighted by Gasteiger charge is 2.42. The standard InChI is InChI=1S/C33H32ClNO3/c34-27-14-15-31-26(20-27)21-33(38-31)16-18-35(19-17-33)22-28(36)23-37-32-29(24-8-3-1-4-9-24)12-7-13-30(32)25-10-5-2-6-11-25/h1-15,20,28,36H,16-19,21-23H2/t28-/m0/s1. The van der Waals surface area contributed by atoms with Gasteiger partial charge in [-0.2, -0.15) is 0 Å². The number of benzene rings is 4. The number of aliphatic hydroxyl groups excluding tert-OH is 1. The lowest BCUT2D eigenvalue weighted by Gasteiger charge is -2.39. The topological polar surface area (TPSA) is 41.9 Å². The molecule has 1 spiro atoms. The maximum atomic E-state index is 11.0. The summed E-state index contributed by atoms with van der Waals surface area (Å²) in [5.41, 5.74) is 5.29. The number of hydrogen-bond acceptors (Lipinski definition) is 4. The summed E-state index contributed by atoms with van der Waals surface area (Å²) in [6.45, 7) is 2.57. The third-order valence-electron chi connectivity index (χ3n) is 7.70. The number of halogens is 1. The van der Waals surface area contributed by atoms with Crippen molar-refractivity contribution in [3.05, 3.63) is 108 Å². The predicted octanol–water partition coefficient (Wildman–Crippen LogP) is 6.88. The molecule has 2 aliphatic rings. The molecule has 0 amide bonds. The summed E-state index contributed by atoms with van der Waals surface area (Å²) < 4.78 is 12.8. The van der Waals surface area contributed by atoms with E-state index in [4.69, 9.17) is 21.1 Å². The maximum Gasteiger partial charge on any atom is 0.135 e. The number of nitrogens with zero attached hydrogens (tertiary/aromatic N) is 1. The van der Waals surface area contributed by atoms with Gasteiger partial charge >= 0.3 is 0 Å². The number of para-hydroxylation sites is 1. The Bertz CT molecular complexity index is 1330. The van der Waals surface area contributed by atoms with Crippen LogP contribution in [0.2, 0.25) is 5.02 Å². The van der Waals surface area contributed by atoms with Gasteiger partial charge in [0.25, 0.3) is 0 Å². The van der Waals surface area contributed by atoms with E-state index in [1.807, 2.05) is 54.6 Å². The van der Waals surface area contributed by atoms with E-state index < -0.39 is 6.10 Å². The summed E-state index contributed by atoms with van der Waals surface area (Å²) in [6, 6.07) is 32.7. The van der Waals surface area contributed by atoms with Crippen LogP contribution >= 0.6 is 11.6 Å². The molecule has 1 fully saturated rings. The van der Waals surface area contributed by atoms with Crippen LogP contribution < -0.4 is 9.47 Å². The lowest BCUT2D eigenvalue weighted by molar-refractivity contribution is -0.00188. The first kappa shape index (κ1) is 25.0. The largest absolute Gasteiger partial charge is 0.490 e. The first-order valence-corrected chi connectivity index (χ1v) is 13.7. The zero-order valence-corrected chi connectivity index (χ0v) is 22.1. The molecule has 2 heterocycles. The first-order chi connectivity index (χ1) is 18.6. The Labute approximate surface area is 229 Å². The Hall–Kier alpha value is -3.31. The molecule has 0 saturated carbocycles. The molecule has 194 valence electrons. The van der Waals surface area contributed by atoms with Gasteiger partial charge in [-0.1, -0.05) is 90.5 Å². The average Bonchev–Trinajstić information content (AvgIpc) is 3.31. The van der Waals surface area contributed by atoms with E-state index in [9.17, 15) is 5.11 Å². The molecule has 0 aromatic heterocycles. The van der Waals surface area contributed by atoms with Crippen LogP contribution in [0.3, 0.4) is 0 Å². The van der Waals surface area contributed by atoms with Crippen molar-refractivity contribution >= 4 is 11.6 Å². The van der Waals surface area contributed by atoms with E-state index >= 15 is 0 Å². The quantitative estimate of drug-likeness (QED) is 0.285. The number of rotatable bonds is 7. The van der Waals surface area contributed by atoms with Crippen LogP contribution in [0.15, 0.2) is 97.1 Å². The number of hydrogen-bond donors (Lipinski definition) is 1. The highest BCUT2D eigenvalue weighted by molar-refractivity contribution is 6.30. The Kier molecular flexibility index (Phi) is 7.12. The highest BCUT2D eigenvalue weighted by Crippen LogP contribution is 2.42. The number of fused-ring (bicyclic) bond motifs is 1. The molecule has 0 bridgehead atoms. The minimum absolute atomic E-state index is 0.149. The normalized spacial score (nSPS) is 17.1. The third kappa shape index (κ3) is 5.30. The molecule has 1 saturated heterocycles. The van der Waals surface area contributed by atoms with E-state index in [0.717, 1.165) is 71.1 Å². The molecule has 2 aliphatic heterocycles. The fourth-order valence-electron chi connectivity index (χ4n) is 5.74. The van der Waals surface area contributed by atoms with Gasteiger partial charge in [-0.3, -0.25) is 0 Å². The van der Waals surface area contributed by atoms with Gasteiger partial charge in [0, 0.05) is 55.0 Å². The minimum Gasteiger partial charge on any atom is -0.490 e. The van der Waals surface area contributed by atoms with E-state index in [-0.39, 0.29) is 12.2 Å². The fraction of sp³-hybridized carbons (Fsp3) is 0.273. The van der Waals surface area contributed by atoms with Gasteiger partial charge in [0.1, 0.15) is 29.8 Å². The van der Waals surface area contributed by atoms with Crippen molar-refractivity contribution in [2.24, 2.45) is 0 Å². The van der Waals surface area contributed by atoms with Crippen molar-refractivity contribution in [1.29, 1.82) is 0 Å². The maximum absolute atomic E-state index is 11.0. The zero-order chi connectivity index (χ0) is 26.0. The van der Waals surface area contributed by atoms with Crippen LogP contribution in [-0.4, -0.2) is 48.0 Å². The van der Waals surface area contributed by atoms with E-state index in [2.05, 4.69) is 47.4 Å². The summed E-state index contributed by atoms with van der Waals surface area (Å²) in [7, 11) is 0. The number of ether oxygens (including phenoxy) is 2. The van der Waals surface area contributed by atoms with Crippen LogP contribution in [-0.2, 0) is 6.42 Å². The molecule has 5 heteroatoms. The smallest absolute Gasteiger partial charge is 0.135 e. The summed E-state index contributed by atoms with van der Waals surface area (Å²) in [4.78, 5) is 2.32. The van der Waals surface area contributed by atoms with Crippen molar-refractivity contribution in [2.45, 2.75) is 31.0 Å². The van der Waals surface area contributed by atoms with Crippen LogP contribution in [0.4, 0.5) is 0 Å². The molecule has 0 radical (unpaired) electrons. The summed E-state index contributed by atoms with van der Waals surface area (Å²) in [5.74, 6) is 1.76. The number of aliphatic hydroxyl groups is 1. The molecular formula is C33H32ClNO3. The molecule has 4 aromatic carbocycles. The molecule has 6 rings (SSSR count). The van der Waals surface area contributed by atoms with Crippen molar-refractivity contribution in [3.63, 3.8) is 0 Å². The van der Waals surface area contributed by atoms with Crippen molar-refractivity contribution in [2.75, 3.05) is 26.2 Å². The average molecular weight is 526 g/mol. The zero-order valence-electron chi connectivity index (χ0n) is 21.4. The van der Waals surface area contributed by atoms with Crippen molar-refractivity contribution in [3.8, 4) is 33.8 Å². The number of piperidine rings is 1. The number of likely N-dealkylation sites (tertiary alicyclic amines) is 1. The fourth-order valence-corrected chi connectivity index (χ4v) is 5.93.